The number of amides is 4. The van der Waals surface area contributed by atoms with Crippen LogP contribution in [0.25, 0.3) is 6.08 Å². The van der Waals surface area contributed by atoms with Gasteiger partial charge in [0.25, 0.3) is 11.8 Å². The molecule has 1 heterocycles. The summed E-state index contributed by atoms with van der Waals surface area (Å²) in [5.41, 5.74) is 1.74. The molecule has 0 bridgehead atoms. The number of barbiturate groups is 1. The van der Waals surface area contributed by atoms with Gasteiger partial charge in [0, 0.05) is 0 Å². The topological polar surface area (TPSA) is 94.2 Å². The SMILES string of the molecule is CCCCCCCCOc1ccc(/C=C2/C(=O)NC(=O)N(c3ccc(OCc4ccccc4)cc3)C2=O)cc1OCC. The van der Waals surface area contributed by atoms with Crippen molar-refractivity contribution in [1.82, 2.24) is 5.32 Å². The lowest BCUT2D eigenvalue weighted by Crippen LogP contribution is -2.54. The number of ether oxygens (including phenoxy) is 3. The molecule has 1 fully saturated rings. The summed E-state index contributed by atoms with van der Waals surface area (Å²) in [6.45, 7) is 5.48. The zero-order valence-corrected chi connectivity index (χ0v) is 24.3. The Labute approximate surface area is 247 Å². The number of carbonyl (C=O) groups is 3. The lowest BCUT2D eigenvalue weighted by Gasteiger charge is -2.26. The van der Waals surface area contributed by atoms with Gasteiger partial charge in [-0.2, -0.15) is 0 Å². The molecule has 42 heavy (non-hydrogen) atoms. The van der Waals surface area contributed by atoms with Crippen LogP contribution in [0.2, 0.25) is 0 Å². The molecule has 220 valence electrons. The Balaban J connectivity index is 1.44. The average Bonchev–Trinajstić information content (AvgIpc) is 3.00. The summed E-state index contributed by atoms with van der Waals surface area (Å²) < 4.78 is 17.6. The molecular weight excluding hydrogens is 532 g/mol. The van der Waals surface area contributed by atoms with Gasteiger partial charge in [0.15, 0.2) is 11.5 Å². The maximum Gasteiger partial charge on any atom is 0.335 e. The highest BCUT2D eigenvalue weighted by atomic mass is 16.5. The number of imide groups is 2. The van der Waals surface area contributed by atoms with E-state index in [4.69, 9.17) is 14.2 Å². The molecule has 3 aromatic carbocycles. The number of urea groups is 1. The summed E-state index contributed by atoms with van der Waals surface area (Å²) >= 11 is 0. The molecule has 4 amide bonds. The highest BCUT2D eigenvalue weighted by molar-refractivity contribution is 6.39. The number of unbranched alkanes of at least 4 members (excludes halogenated alkanes) is 5. The van der Waals surface area contributed by atoms with E-state index in [0.29, 0.717) is 48.3 Å². The maximum atomic E-state index is 13.4. The van der Waals surface area contributed by atoms with Gasteiger partial charge in [0.1, 0.15) is 17.9 Å². The van der Waals surface area contributed by atoms with Crippen molar-refractivity contribution in [3.8, 4) is 17.2 Å². The fraction of sp³-hybridized carbons (Fsp3) is 0.324. The quantitative estimate of drug-likeness (QED) is 0.119. The summed E-state index contributed by atoms with van der Waals surface area (Å²) in [4.78, 5) is 39.7. The van der Waals surface area contributed by atoms with Gasteiger partial charge in [-0.15, -0.1) is 0 Å². The summed E-state index contributed by atoms with van der Waals surface area (Å²) in [5, 5.41) is 2.27. The number of nitrogens with one attached hydrogen (secondary N) is 1. The molecule has 0 atom stereocenters. The van der Waals surface area contributed by atoms with Gasteiger partial charge in [0.2, 0.25) is 0 Å². The Morgan fingerprint density at radius 2 is 1.50 bits per heavy atom. The minimum absolute atomic E-state index is 0.165. The van der Waals surface area contributed by atoms with Gasteiger partial charge in [0.05, 0.1) is 18.9 Å². The Kier molecular flexibility index (Phi) is 11.2. The van der Waals surface area contributed by atoms with Gasteiger partial charge in [-0.1, -0.05) is 75.4 Å². The van der Waals surface area contributed by atoms with E-state index in [1.54, 1.807) is 42.5 Å². The van der Waals surface area contributed by atoms with Gasteiger partial charge in [-0.3, -0.25) is 14.9 Å². The first-order valence-corrected chi connectivity index (χ1v) is 14.6. The van der Waals surface area contributed by atoms with Crippen LogP contribution in [0.15, 0.2) is 78.4 Å². The first-order chi connectivity index (χ1) is 20.5. The van der Waals surface area contributed by atoms with Crippen molar-refractivity contribution in [3.05, 3.63) is 89.5 Å². The van der Waals surface area contributed by atoms with Gasteiger partial charge in [-0.25, -0.2) is 9.69 Å². The van der Waals surface area contributed by atoms with Crippen LogP contribution < -0.4 is 24.4 Å². The van der Waals surface area contributed by atoms with Crippen LogP contribution >= 0.6 is 0 Å². The molecule has 8 nitrogen and oxygen atoms in total. The van der Waals surface area contributed by atoms with Crippen molar-refractivity contribution < 1.29 is 28.6 Å². The third kappa shape index (κ3) is 8.22. The Morgan fingerprint density at radius 3 is 2.24 bits per heavy atom. The highest BCUT2D eigenvalue weighted by Gasteiger charge is 2.36. The van der Waals surface area contributed by atoms with Crippen molar-refractivity contribution >= 4 is 29.6 Å². The van der Waals surface area contributed by atoms with E-state index in [2.05, 4.69) is 12.2 Å². The van der Waals surface area contributed by atoms with Crippen LogP contribution in [-0.2, 0) is 16.2 Å². The third-order valence-electron chi connectivity index (χ3n) is 6.78. The van der Waals surface area contributed by atoms with Gasteiger partial charge >= 0.3 is 6.03 Å². The average molecular weight is 571 g/mol. The number of carbonyl (C=O) groups excluding carboxylic acids is 3. The van der Waals surface area contributed by atoms with E-state index in [1.165, 1.54) is 31.8 Å². The molecule has 0 radical (unpaired) electrons. The summed E-state index contributed by atoms with van der Waals surface area (Å²) in [6.07, 6.45) is 8.45. The first kappa shape index (κ1) is 30.4. The van der Waals surface area contributed by atoms with Crippen molar-refractivity contribution in [3.63, 3.8) is 0 Å². The highest BCUT2D eigenvalue weighted by Crippen LogP contribution is 2.31. The van der Waals surface area contributed by atoms with E-state index >= 15 is 0 Å². The first-order valence-electron chi connectivity index (χ1n) is 14.6. The maximum absolute atomic E-state index is 13.4. The molecule has 1 saturated heterocycles. The molecule has 0 unspecified atom stereocenters. The van der Waals surface area contributed by atoms with Crippen molar-refractivity contribution in [2.75, 3.05) is 18.1 Å². The zero-order valence-electron chi connectivity index (χ0n) is 24.3. The second kappa shape index (κ2) is 15.4. The predicted molar refractivity (Wildman–Crippen MR) is 163 cm³/mol. The predicted octanol–water partition coefficient (Wildman–Crippen LogP) is 7.07. The molecule has 4 rings (SSSR count). The second-order valence-corrected chi connectivity index (χ2v) is 9.98. The van der Waals surface area contributed by atoms with E-state index in [0.717, 1.165) is 23.3 Å². The van der Waals surface area contributed by atoms with Crippen molar-refractivity contribution in [2.24, 2.45) is 0 Å². The Bertz CT molecular complexity index is 1380. The number of hydrogen-bond acceptors (Lipinski definition) is 6. The molecule has 8 heteroatoms. The van der Waals surface area contributed by atoms with Crippen LogP contribution in [0.4, 0.5) is 10.5 Å². The van der Waals surface area contributed by atoms with Crippen LogP contribution in [0, 0.1) is 0 Å². The molecule has 1 aliphatic heterocycles. The molecular formula is C34H38N2O6. The largest absolute Gasteiger partial charge is 0.490 e. The van der Waals surface area contributed by atoms with Gasteiger partial charge < -0.3 is 14.2 Å². The Hall–Kier alpha value is -4.59. The number of nitrogens with zero attached hydrogens (tertiary/aromatic N) is 1. The van der Waals surface area contributed by atoms with Gasteiger partial charge in [-0.05, 0) is 66.9 Å². The third-order valence-corrected chi connectivity index (χ3v) is 6.78. The zero-order chi connectivity index (χ0) is 29.7. The standard InChI is InChI=1S/C34H38N2O6/c1-3-5-6-7-8-12-21-41-30-20-15-26(23-31(30)40-4-2)22-29-32(37)35-34(39)36(33(29)38)27-16-18-28(19-17-27)42-24-25-13-10-9-11-14-25/h9-11,13-20,22-23H,3-8,12,21,24H2,1-2H3,(H,35,37,39)/b29-22-. The summed E-state index contributed by atoms with van der Waals surface area (Å²) in [5.74, 6) is 0.244. The smallest absolute Gasteiger partial charge is 0.335 e. The number of rotatable bonds is 15. The molecule has 0 spiro atoms. The number of hydrogen-bond donors (Lipinski definition) is 1. The number of benzene rings is 3. The lowest BCUT2D eigenvalue weighted by atomic mass is 10.1. The van der Waals surface area contributed by atoms with Crippen molar-refractivity contribution in [2.45, 2.75) is 59.0 Å². The summed E-state index contributed by atoms with van der Waals surface area (Å²) in [7, 11) is 0. The molecule has 3 aromatic rings. The monoisotopic (exact) mass is 570 g/mol. The van der Waals surface area contributed by atoms with Crippen LogP contribution in [0.1, 0.15) is 63.5 Å². The molecule has 0 aliphatic carbocycles. The fourth-order valence-corrected chi connectivity index (χ4v) is 4.56. The van der Waals surface area contributed by atoms with E-state index in [-0.39, 0.29) is 5.57 Å². The molecule has 1 aliphatic rings. The number of anilines is 1. The second-order valence-electron chi connectivity index (χ2n) is 9.98. The Morgan fingerprint density at radius 1 is 0.762 bits per heavy atom. The molecule has 0 aromatic heterocycles. The fourth-order valence-electron chi connectivity index (χ4n) is 4.56. The van der Waals surface area contributed by atoms with Crippen LogP contribution in [-0.4, -0.2) is 31.1 Å². The van der Waals surface area contributed by atoms with Crippen LogP contribution in [0.3, 0.4) is 0 Å². The van der Waals surface area contributed by atoms with E-state index in [1.807, 2.05) is 37.3 Å². The minimum atomic E-state index is -0.812. The van der Waals surface area contributed by atoms with Crippen molar-refractivity contribution in [1.29, 1.82) is 0 Å². The van der Waals surface area contributed by atoms with E-state index in [9.17, 15) is 14.4 Å². The summed E-state index contributed by atoms with van der Waals surface area (Å²) in [6, 6.07) is 20.7. The minimum Gasteiger partial charge on any atom is -0.490 e. The lowest BCUT2D eigenvalue weighted by molar-refractivity contribution is -0.122. The molecule has 1 N–H and O–H groups in total. The van der Waals surface area contributed by atoms with Crippen LogP contribution in [0.5, 0.6) is 17.2 Å². The van der Waals surface area contributed by atoms with E-state index < -0.39 is 17.8 Å². The normalized spacial score (nSPS) is 14.2. The molecule has 0 saturated carbocycles.